The molecule has 0 bridgehead atoms. The molecule has 3 rings (SSSR count). The van der Waals surface area contributed by atoms with E-state index in [1.54, 1.807) is 12.1 Å². The third-order valence-corrected chi connectivity index (χ3v) is 4.46. The van der Waals surface area contributed by atoms with Crippen LogP contribution in [0.1, 0.15) is 57.4 Å². The van der Waals surface area contributed by atoms with Gasteiger partial charge in [-0.15, -0.1) is 0 Å². The Hall–Kier alpha value is -2.80. The Morgan fingerprint density at radius 2 is 1.92 bits per heavy atom. The molecule has 26 heavy (non-hydrogen) atoms. The average Bonchev–Trinajstić information content (AvgIpc) is 3.34. The van der Waals surface area contributed by atoms with Crippen molar-refractivity contribution in [1.29, 1.82) is 0 Å². The largest absolute Gasteiger partial charge is 0.380 e. The number of hydrogen-bond acceptors (Lipinski definition) is 5. The molecule has 1 aliphatic rings. The van der Waals surface area contributed by atoms with Crippen LogP contribution in [0.15, 0.2) is 30.3 Å². The van der Waals surface area contributed by atoms with E-state index in [9.17, 15) is 14.7 Å². The smallest absolute Gasteiger partial charge is 0.269 e. The van der Waals surface area contributed by atoms with Gasteiger partial charge in [0.1, 0.15) is 11.8 Å². The Kier molecular flexibility index (Phi) is 4.99. The molecule has 0 aliphatic heterocycles. The number of amides is 2. The van der Waals surface area contributed by atoms with E-state index in [-0.39, 0.29) is 23.3 Å². The fraction of sp³-hybridized carbons (Fsp3) is 0.368. The molecule has 1 fully saturated rings. The number of hydrogen-bond donors (Lipinski definition) is 3. The zero-order valence-electron chi connectivity index (χ0n) is 15.0. The molecule has 2 aromatic rings. The molecule has 7 heteroatoms. The number of nitrogens with zero attached hydrogens (tertiary/aromatic N) is 2. The van der Waals surface area contributed by atoms with E-state index in [0.29, 0.717) is 17.2 Å². The van der Waals surface area contributed by atoms with E-state index in [4.69, 9.17) is 0 Å². The number of aromatic nitrogens is 2. The minimum absolute atomic E-state index is 0.0747. The highest BCUT2D eigenvalue weighted by molar-refractivity contribution is 5.98. The molecule has 2 aromatic heterocycles. The molecule has 0 aromatic carbocycles. The molecule has 3 N–H and O–H groups in total. The highest BCUT2D eigenvalue weighted by Gasteiger charge is 2.34. The van der Waals surface area contributed by atoms with Crippen LogP contribution in [-0.2, 0) is 0 Å². The third kappa shape index (κ3) is 3.88. The number of pyridine rings is 2. The van der Waals surface area contributed by atoms with Crippen LogP contribution < -0.4 is 10.6 Å². The zero-order chi connectivity index (χ0) is 18.8. The summed E-state index contributed by atoms with van der Waals surface area (Å²) in [6.45, 7) is 3.88. The Morgan fingerprint density at radius 1 is 1.19 bits per heavy atom. The highest BCUT2D eigenvalue weighted by Crippen LogP contribution is 2.29. The fourth-order valence-corrected chi connectivity index (χ4v) is 2.71. The molecule has 2 heterocycles. The topological polar surface area (TPSA) is 104 Å². The van der Waals surface area contributed by atoms with Gasteiger partial charge in [-0.1, -0.05) is 13.0 Å². The van der Waals surface area contributed by atoms with Crippen LogP contribution in [-0.4, -0.2) is 40.0 Å². The van der Waals surface area contributed by atoms with E-state index < -0.39 is 12.0 Å². The van der Waals surface area contributed by atoms with Crippen molar-refractivity contribution in [3.8, 4) is 0 Å². The van der Waals surface area contributed by atoms with E-state index in [0.717, 1.165) is 12.1 Å². The quantitative estimate of drug-likeness (QED) is 0.752. The normalized spacial score (nSPS) is 19.5. The van der Waals surface area contributed by atoms with E-state index in [1.807, 2.05) is 13.0 Å². The zero-order valence-corrected chi connectivity index (χ0v) is 15.0. The van der Waals surface area contributed by atoms with Crippen LogP contribution >= 0.6 is 0 Å². The molecule has 1 unspecified atom stereocenters. The highest BCUT2D eigenvalue weighted by atomic mass is 16.3. The van der Waals surface area contributed by atoms with Crippen molar-refractivity contribution in [2.45, 2.75) is 32.4 Å². The monoisotopic (exact) mass is 354 g/mol. The van der Waals surface area contributed by atoms with Crippen LogP contribution in [0.3, 0.4) is 0 Å². The van der Waals surface area contributed by atoms with Gasteiger partial charge < -0.3 is 15.7 Å². The number of nitrogens with one attached hydrogen (secondary N) is 2. The lowest BCUT2D eigenvalue weighted by Gasteiger charge is -2.14. The summed E-state index contributed by atoms with van der Waals surface area (Å²) in [5, 5.41) is 16.1. The van der Waals surface area contributed by atoms with Crippen molar-refractivity contribution >= 4 is 11.8 Å². The third-order valence-electron chi connectivity index (χ3n) is 4.46. The second kappa shape index (κ2) is 7.21. The maximum Gasteiger partial charge on any atom is 0.269 e. The first-order valence-corrected chi connectivity index (χ1v) is 8.55. The van der Waals surface area contributed by atoms with Crippen LogP contribution in [0.4, 0.5) is 0 Å². The molecule has 0 saturated heterocycles. The fourth-order valence-electron chi connectivity index (χ4n) is 2.71. The number of carbonyl (C=O) groups is 2. The molecule has 0 radical (unpaired) electrons. The van der Waals surface area contributed by atoms with E-state index in [1.165, 1.54) is 19.2 Å². The molecule has 1 saturated carbocycles. The summed E-state index contributed by atoms with van der Waals surface area (Å²) in [5.74, 6) is -0.247. The standard InChI is InChI=1S/C19H22N4O3/c1-10-7-14(10)23-18(25)12-8-15(22-16(9-12)19(26)20-3)17(24)13-6-4-5-11(2)21-13/h4-6,8-10,14,17,24H,7H2,1-3H3,(H,20,26)(H,23,25)/t10-,14-,17?/m0/s1. The second-order valence-corrected chi connectivity index (χ2v) is 6.64. The van der Waals surface area contributed by atoms with Gasteiger partial charge in [0.2, 0.25) is 0 Å². The number of rotatable bonds is 5. The van der Waals surface area contributed by atoms with E-state index >= 15 is 0 Å². The van der Waals surface area contributed by atoms with Gasteiger partial charge in [0.05, 0.1) is 11.4 Å². The van der Waals surface area contributed by atoms with Crippen LogP contribution in [0.25, 0.3) is 0 Å². The second-order valence-electron chi connectivity index (χ2n) is 6.64. The molecule has 0 spiro atoms. The summed E-state index contributed by atoms with van der Waals surface area (Å²) in [7, 11) is 1.49. The summed E-state index contributed by atoms with van der Waals surface area (Å²) in [6.07, 6.45) is -0.187. The van der Waals surface area contributed by atoms with Crippen LogP contribution in [0, 0.1) is 12.8 Å². The van der Waals surface area contributed by atoms with Crippen molar-refractivity contribution in [1.82, 2.24) is 20.6 Å². The lowest BCUT2D eigenvalue weighted by atomic mass is 10.1. The van der Waals surface area contributed by atoms with Crippen molar-refractivity contribution in [3.63, 3.8) is 0 Å². The molecule has 7 nitrogen and oxygen atoms in total. The summed E-state index contributed by atoms with van der Waals surface area (Å²) >= 11 is 0. The predicted octanol–water partition coefficient (Wildman–Crippen LogP) is 1.36. The van der Waals surface area contributed by atoms with Gasteiger partial charge in [-0.3, -0.25) is 14.6 Å². The summed E-state index contributed by atoms with van der Waals surface area (Å²) in [6, 6.07) is 8.37. The lowest BCUT2D eigenvalue weighted by molar-refractivity contribution is 0.0949. The van der Waals surface area contributed by atoms with Gasteiger partial charge in [0.25, 0.3) is 11.8 Å². The van der Waals surface area contributed by atoms with Gasteiger partial charge in [-0.25, -0.2) is 4.98 Å². The first-order valence-electron chi connectivity index (χ1n) is 8.55. The van der Waals surface area contributed by atoms with Crippen LogP contribution in [0.5, 0.6) is 0 Å². The van der Waals surface area contributed by atoms with Crippen molar-refractivity contribution in [2.24, 2.45) is 5.92 Å². The SMILES string of the molecule is CNC(=O)c1cc(C(=O)N[C@H]2C[C@@H]2C)cc(C(O)c2cccc(C)n2)n1. The minimum Gasteiger partial charge on any atom is -0.380 e. The van der Waals surface area contributed by atoms with Crippen LogP contribution in [0.2, 0.25) is 0 Å². The maximum absolute atomic E-state index is 12.5. The molecular formula is C19H22N4O3. The molecular weight excluding hydrogens is 332 g/mol. The average molecular weight is 354 g/mol. The Morgan fingerprint density at radius 3 is 2.54 bits per heavy atom. The number of aliphatic hydroxyl groups is 1. The van der Waals surface area contributed by atoms with Crippen molar-refractivity contribution in [3.05, 3.63) is 58.7 Å². The van der Waals surface area contributed by atoms with Crippen molar-refractivity contribution < 1.29 is 14.7 Å². The molecule has 3 atom stereocenters. The first kappa shape index (κ1) is 18.0. The molecule has 2 amide bonds. The van der Waals surface area contributed by atoms with Crippen molar-refractivity contribution in [2.75, 3.05) is 7.05 Å². The van der Waals surface area contributed by atoms with Gasteiger partial charge in [0.15, 0.2) is 0 Å². The molecule has 1 aliphatic carbocycles. The van der Waals surface area contributed by atoms with Gasteiger partial charge in [-0.05, 0) is 43.5 Å². The number of aliphatic hydroxyl groups excluding tert-OH is 1. The number of carbonyl (C=O) groups excluding carboxylic acids is 2. The Balaban J connectivity index is 1.96. The summed E-state index contributed by atoms with van der Waals surface area (Å²) < 4.78 is 0. The van der Waals surface area contributed by atoms with Gasteiger partial charge in [-0.2, -0.15) is 0 Å². The maximum atomic E-state index is 12.5. The Labute approximate surface area is 151 Å². The van der Waals surface area contributed by atoms with E-state index in [2.05, 4.69) is 27.5 Å². The lowest BCUT2D eigenvalue weighted by Crippen LogP contribution is -2.28. The minimum atomic E-state index is -1.13. The summed E-state index contributed by atoms with van der Waals surface area (Å²) in [4.78, 5) is 33.1. The number of aryl methyl sites for hydroxylation is 1. The molecule has 136 valence electrons. The Bertz CT molecular complexity index is 852. The predicted molar refractivity (Wildman–Crippen MR) is 95.7 cm³/mol. The van der Waals surface area contributed by atoms with Gasteiger partial charge in [0, 0.05) is 24.3 Å². The first-order chi connectivity index (χ1) is 12.4. The van der Waals surface area contributed by atoms with Gasteiger partial charge >= 0.3 is 0 Å². The summed E-state index contributed by atoms with van der Waals surface area (Å²) in [5.41, 5.74) is 1.74.